The Balaban J connectivity index is 2.36. The van der Waals surface area contributed by atoms with Crippen LogP contribution in [0.25, 0.3) is 0 Å². The lowest BCUT2D eigenvalue weighted by molar-refractivity contribution is 0.350. The quantitative estimate of drug-likeness (QED) is 0.766. The van der Waals surface area contributed by atoms with Gasteiger partial charge in [0.2, 0.25) is 0 Å². The van der Waals surface area contributed by atoms with Crippen LogP contribution in [-0.4, -0.2) is 26.2 Å². The van der Waals surface area contributed by atoms with Crippen molar-refractivity contribution >= 4 is 0 Å². The van der Waals surface area contributed by atoms with Crippen molar-refractivity contribution in [1.82, 2.24) is 25.5 Å². The van der Waals surface area contributed by atoms with Gasteiger partial charge in [0.1, 0.15) is 0 Å². The molecule has 1 heterocycles. The molecular weight excluding hydrogens is 190 g/mol. The van der Waals surface area contributed by atoms with Gasteiger partial charge < -0.3 is 5.32 Å². The lowest BCUT2D eigenvalue weighted by Crippen LogP contribution is -2.32. The zero-order chi connectivity index (χ0) is 11.3. The normalized spacial score (nSPS) is 13.4. The minimum absolute atomic E-state index is 0.504. The van der Waals surface area contributed by atoms with E-state index in [1.807, 2.05) is 0 Å². The smallest absolute Gasteiger partial charge is 0.188 e. The van der Waals surface area contributed by atoms with Gasteiger partial charge in [-0.25, -0.2) is 0 Å². The molecule has 1 atom stereocenters. The molecule has 0 aromatic carbocycles. The van der Waals surface area contributed by atoms with E-state index in [2.05, 4.69) is 41.5 Å². The van der Waals surface area contributed by atoms with Crippen LogP contribution in [0.3, 0.4) is 0 Å². The maximum Gasteiger partial charge on any atom is 0.188 e. The highest BCUT2D eigenvalue weighted by Gasteiger charge is 2.13. The molecule has 1 aromatic heterocycles. The van der Waals surface area contributed by atoms with E-state index in [0.29, 0.717) is 12.6 Å². The summed E-state index contributed by atoms with van der Waals surface area (Å²) in [6.45, 7) is 7.37. The fraction of sp³-hybridized carbons (Fsp3) is 0.900. The van der Waals surface area contributed by atoms with Gasteiger partial charge in [-0.05, 0) is 18.1 Å². The second-order valence-electron chi connectivity index (χ2n) is 3.94. The third-order valence-corrected chi connectivity index (χ3v) is 2.89. The Morgan fingerprint density at radius 3 is 2.47 bits per heavy atom. The summed E-state index contributed by atoms with van der Waals surface area (Å²) in [5.74, 6) is 1.48. The number of rotatable bonds is 6. The molecule has 5 heteroatoms. The van der Waals surface area contributed by atoms with Crippen LogP contribution in [0.1, 0.15) is 39.4 Å². The van der Waals surface area contributed by atoms with Crippen molar-refractivity contribution in [2.75, 3.05) is 0 Å². The molecule has 5 nitrogen and oxygen atoms in total. The topological polar surface area (TPSA) is 55.6 Å². The Kier molecular flexibility index (Phi) is 4.68. The minimum Gasteiger partial charge on any atom is -0.307 e. The minimum atomic E-state index is 0.504. The molecule has 15 heavy (non-hydrogen) atoms. The fourth-order valence-electron chi connectivity index (χ4n) is 1.81. The molecule has 0 saturated carbocycles. The average molecular weight is 211 g/mol. The number of hydrogen-bond acceptors (Lipinski definition) is 4. The van der Waals surface area contributed by atoms with Crippen LogP contribution in [0.5, 0.6) is 0 Å². The van der Waals surface area contributed by atoms with Crippen molar-refractivity contribution in [3.63, 3.8) is 0 Å². The second kappa shape index (κ2) is 5.80. The van der Waals surface area contributed by atoms with Crippen LogP contribution in [0.4, 0.5) is 0 Å². The molecule has 1 unspecified atom stereocenters. The van der Waals surface area contributed by atoms with Gasteiger partial charge in [-0.2, -0.15) is 4.80 Å². The Morgan fingerprint density at radius 2 is 2.00 bits per heavy atom. The van der Waals surface area contributed by atoms with E-state index in [0.717, 1.165) is 11.7 Å². The Morgan fingerprint density at radius 1 is 1.33 bits per heavy atom. The summed E-state index contributed by atoms with van der Waals surface area (Å²) in [6.07, 6.45) is 2.41. The molecule has 1 rings (SSSR count). The number of nitrogens with zero attached hydrogens (tertiary/aromatic N) is 4. The van der Waals surface area contributed by atoms with E-state index >= 15 is 0 Å². The molecule has 0 amide bonds. The number of tetrazole rings is 1. The summed E-state index contributed by atoms with van der Waals surface area (Å²) < 4.78 is 0. The lowest BCUT2D eigenvalue weighted by atomic mass is 9.95. The van der Waals surface area contributed by atoms with Crippen molar-refractivity contribution < 1.29 is 0 Å². The second-order valence-corrected chi connectivity index (χ2v) is 3.94. The molecule has 0 bridgehead atoms. The summed E-state index contributed by atoms with van der Waals surface area (Å²) in [6, 6.07) is 0.504. The fourth-order valence-corrected chi connectivity index (χ4v) is 1.81. The molecule has 1 N–H and O–H groups in total. The first-order valence-corrected chi connectivity index (χ1v) is 5.63. The van der Waals surface area contributed by atoms with Crippen LogP contribution in [0.2, 0.25) is 0 Å². The molecule has 0 saturated heterocycles. The van der Waals surface area contributed by atoms with Crippen LogP contribution < -0.4 is 5.32 Å². The predicted octanol–water partition coefficient (Wildman–Crippen LogP) is 1.12. The summed E-state index contributed by atoms with van der Waals surface area (Å²) in [5, 5.41) is 15.3. The standard InChI is InChI=1S/C10H21N5/c1-5-9(6-2)8(3)11-7-10-12-14-15(4)13-10/h8-9,11H,5-7H2,1-4H3. The van der Waals surface area contributed by atoms with Gasteiger partial charge in [-0.3, -0.25) is 0 Å². The van der Waals surface area contributed by atoms with Crippen molar-refractivity contribution in [1.29, 1.82) is 0 Å². The van der Waals surface area contributed by atoms with E-state index in [9.17, 15) is 0 Å². The maximum absolute atomic E-state index is 4.13. The molecule has 0 spiro atoms. The predicted molar refractivity (Wildman–Crippen MR) is 59.2 cm³/mol. The van der Waals surface area contributed by atoms with E-state index in [4.69, 9.17) is 0 Å². The zero-order valence-corrected chi connectivity index (χ0v) is 10.1. The summed E-state index contributed by atoms with van der Waals surface area (Å²) in [4.78, 5) is 1.48. The van der Waals surface area contributed by atoms with Gasteiger partial charge in [-0.15, -0.1) is 10.2 Å². The van der Waals surface area contributed by atoms with Gasteiger partial charge in [0.05, 0.1) is 13.6 Å². The van der Waals surface area contributed by atoms with E-state index < -0.39 is 0 Å². The Labute approximate surface area is 91.2 Å². The van der Waals surface area contributed by atoms with Crippen molar-refractivity contribution in [3.05, 3.63) is 5.82 Å². The lowest BCUT2D eigenvalue weighted by Gasteiger charge is -2.21. The van der Waals surface area contributed by atoms with Crippen molar-refractivity contribution in [2.45, 2.75) is 46.2 Å². The molecule has 0 fully saturated rings. The van der Waals surface area contributed by atoms with Gasteiger partial charge >= 0.3 is 0 Å². The molecule has 86 valence electrons. The van der Waals surface area contributed by atoms with Crippen LogP contribution in [0, 0.1) is 5.92 Å². The average Bonchev–Trinajstić information content (AvgIpc) is 2.63. The summed E-state index contributed by atoms with van der Waals surface area (Å²) >= 11 is 0. The van der Waals surface area contributed by atoms with Gasteiger partial charge in [-0.1, -0.05) is 26.7 Å². The maximum atomic E-state index is 4.13. The number of nitrogens with one attached hydrogen (secondary N) is 1. The third-order valence-electron chi connectivity index (χ3n) is 2.89. The monoisotopic (exact) mass is 211 g/mol. The Bertz CT molecular complexity index is 279. The number of aromatic nitrogens is 4. The van der Waals surface area contributed by atoms with E-state index in [1.54, 1.807) is 7.05 Å². The number of aryl methyl sites for hydroxylation is 1. The molecule has 0 aliphatic heterocycles. The van der Waals surface area contributed by atoms with Crippen LogP contribution in [-0.2, 0) is 13.6 Å². The third kappa shape index (κ3) is 3.58. The largest absolute Gasteiger partial charge is 0.307 e. The number of hydrogen-bond donors (Lipinski definition) is 1. The highest BCUT2D eigenvalue weighted by Crippen LogP contribution is 2.12. The molecule has 0 aliphatic carbocycles. The molecular formula is C10H21N5. The van der Waals surface area contributed by atoms with E-state index in [-0.39, 0.29) is 0 Å². The van der Waals surface area contributed by atoms with Crippen molar-refractivity contribution in [2.24, 2.45) is 13.0 Å². The zero-order valence-electron chi connectivity index (χ0n) is 10.1. The molecule has 0 radical (unpaired) electrons. The molecule has 0 aliphatic rings. The van der Waals surface area contributed by atoms with Crippen molar-refractivity contribution in [3.8, 4) is 0 Å². The first kappa shape index (κ1) is 12.1. The highest BCUT2D eigenvalue weighted by atomic mass is 15.6. The summed E-state index contributed by atoms with van der Waals surface area (Å²) in [7, 11) is 1.78. The van der Waals surface area contributed by atoms with Gasteiger partial charge in [0.25, 0.3) is 0 Å². The van der Waals surface area contributed by atoms with Crippen LogP contribution in [0.15, 0.2) is 0 Å². The first-order valence-electron chi connectivity index (χ1n) is 5.63. The first-order chi connectivity index (χ1) is 7.17. The van der Waals surface area contributed by atoms with E-state index in [1.165, 1.54) is 17.6 Å². The highest BCUT2D eigenvalue weighted by molar-refractivity contribution is 4.78. The Hall–Kier alpha value is -0.970. The van der Waals surface area contributed by atoms with Gasteiger partial charge in [0.15, 0.2) is 5.82 Å². The van der Waals surface area contributed by atoms with Gasteiger partial charge in [0, 0.05) is 6.04 Å². The SMILES string of the molecule is CCC(CC)C(C)NCc1nnn(C)n1. The molecule has 1 aromatic rings. The van der Waals surface area contributed by atoms with Crippen LogP contribution >= 0.6 is 0 Å². The summed E-state index contributed by atoms with van der Waals surface area (Å²) in [5.41, 5.74) is 0.